The molecular weight excluding hydrogens is 338 g/mol. The van der Waals surface area contributed by atoms with Crippen LogP contribution in [-0.4, -0.2) is 27.4 Å². The van der Waals surface area contributed by atoms with Crippen molar-refractivity contribution in [1.82, 2.24) is 5.32 Å². The van der Waals surface area contributed by atoms with E-state index < -0.39 is 0 Å². The molecule has 5 heteroatoms. The van der Waals surface area contributed by atoms with Gasteiger partial charge in [0, 0.05) is 24.2 Å². The summed E-state index contributed by atoms with van der Waals surface area (Å²) < 4.78 is 16.2. The molecule has 0 radical (unpaired) electrons. The van der Waals surface area contributed by atoms with Crippen LogP contribution >= 0.6 is 12.4 Å². The molecule has 0 heterocycles. The van der Waals surface area contributed by atoms with E-state index >= 15 is 0 Å². The van der Waals surface area contributed by atoms with Crippen molar-refractivity contribution in [1.29, 1.82) is 0 Å². The Morgan fingerprint density at radius 3 is 2.08 bits per heavy atom. The summed E-state index contributed by atoms with van der Waals surface area (Å²) in [5, 5.41) is 3.56. The van der Waals surface area contributed by atoms with Gasteiger partial charge in [0.15, 0.2) is 11.5 Å². The van der Waals surface area contributed by atoms with Gasteiger partial charge in [0.2, 0.25) is 0 Å². The van der Waals surface area contributed by atoms with Crippen LogP contribution < -0.4 is 19.5 Å². The highest BCUT2D eigenvalue weighted by molar-refractivity contribution is 5.85. The molecule has 2 rings (SSSR count). The minimum absolute atomic E-state index is 0. The summed E-state index contributed by atoms with van der Waals surface area (Å²) in [5.41, 5.74) is 2.43. The van der Waals surface area contributed by atoms with Crippen LogP contribution in [-0.2, 0) is 13.0 Å². The lowest BCUT2D eigenvalue weighted by Gasteiger charge is -2.17. The fraction of sp³-hybridized carbons (Fsp3) is 0.400. The van der Waals surface area contributed by atoms with Crippen molar-refractivity contribution in [2.45, 2.75) is 32.4 Å². The molecule has 1 unspecified atom stereocenters. The van der Waals surface area contributed by atoms with Gasteiger partial charge in [-0.15, -0.1) is 12.4 Å². The van der Waals surface area contributed by atoms with E-state index in [4.69, 9.17) is 14.2 Å². The first-order chi connectivity index (χ1) is 11.7. The predicted octanol–water partition coefficient (Wildman–Crippen LogP) is 4.25. The van der Waals surface area contributed by atoms with Gasteiger partial charge < -0.3 is 19.5 Å². The molecule has 0 bridgehead atoms. The summed E-state index contributed by atoms with van der Waals surface area (Å²) in [6.45, 7) is 2.93. The Balaban J connectivity index is 0.00000312. The second-order valence-corrected chi connectivity index (χ2v) is 5.83. The number of rotatable bonds is 9. The molecule has 2 aromatic rings. The third kappa shape index (κ3) is 6.15. The van der Waals surface area contributed by atoms with E-state index in [1.165, 1.54) is 5.56 Å². The molecule has 0 aliphatic heterocycles. The molecule has 25 heavy (non-hydrogen) atoms. The smallest absolute Gasteiger partial charge is 0.164 e. The topological polar surface area (TPSA) is 39.7 Å². The summed E-state index contributed by atoms with van der Waals surface area (Å²) in [6.07, 6.45) is 2.15. The van der Waals surface area contributed by atoms with E-state index in [9.17, 15) is 0 Å². The van der Waals surface area contributed by atoms with Crippen molar-refractivity contribution < 1.29 is 14.2 Å². The first kappa shape index (κ1) is 21.1. The first-order valence-electron chi connectivity index (χ1n) is 8.24. The number of methoxy groups -OCH3 is 3. The molecule has 0 aliphatic rings. The largest absolute Gasteiger partial charge is 0.496 e. The third-order valence-corrected chi connectivity index (χ3v) is 4.14. The Labute approximate surface area is 156 Å². The minimum Gasteiger partial charge on any atom is -0.496 e. The summed E-state index contributed by atoms with van der Waals surface area (Å²) >= 11 is 0. The van der Waals surface area contributed by atoms with Gasteiger partial charge in [-0.05, 0) is 31.4 Å². The van der Waals surface area contributed by atoms with E-state index in [0.717, 1.165) is 30.7 Å². The predicted molar refractivity (Wildman–Crippen MR) is 104 cm³/mol. The summed E-state index contributed by atoms with van der Waals surface area (Å²) in [6, 6.07) is 14.8. The van der Waals surface area contributed by atoms with E-state index in [0.29, 0.717) is 17.5 Å². The second kappa shape index (κ2) is 10.9. The van der Waals surface area contributed by atoms with Gasteiger partial charge in [-0.3, -0.25) is 0 Å². The Morgan fingerprint density at radius 2 is 1.48 bits per heavy atom. The Morgan fingerprint density at radius 1 is 0.880 bits per heavy atom. The second-order valence-electron chi connectivity index (χ2n) is 5.83. The molecule has 4 nitrogen and oxygen atoms in total. The van der Waals surface area contributed by atoms with E-state index in [-0.39, 0.29) is 12.4 Å². The van der Waals surface area contributed by atoms with Gasteiger partial charge in [-0.1, -0.05) is 30.3 Å². The van der Waals surface area contributed by atoms with E-state index in [1.807, 2.05) is 12.1 Å². The number of ether oxygens (including phenoxy) is 3. The maximum Gasteiger partial charge on any atom is 0.164 e. The Kier molecular flexibility index (Phi) is 9.17. The molecule has 2 aromatic carbocycles. The van der Waals surface area contributed by atoms with E-state index in [2.05, 4.69) is 42.6 Å². The monoisotopic (exact) mass is 365 g/mol. The van der Waals surface area contributed by atoms with Crippen molar-refractivity contribution >= 4 is 12.4 Å². The molecule has 1 atom stereocenters. The van der Waals surface area contributed by atoms with Crippen molar-refractivity contribution in [3.63, 3.8) is 0 Å². The van der Waals surface area contributed by atoms with Crippen molar-refractivity contribution in [2.75, 3.05) is 21.3 Å². The van der Waals surface area contributed by atoms with Crippen LogP contribution in [0.25, 0.3) is 0 Å². The first-order valence-corrected chi connectivity index (χ1v) is 8.24. The van der Waals surface area contributed by atoms with Crippen molar-refractivity contribution in [2.24, 2.45) is 0 Å². The van der Waals surface area contributed by atoms with E-state index in [1.54, 1.807) is 21.3 Å². The van der Waals surface area contributed by atoms with Crippen LogP contribution in [0.15, 0.2) is 42.5 Å². The number of aryl methyl sites for hydroxylation is 1. The highest BCUT2D eigenvalue weighted by atomic mass is 35.5. The SMILES string of the molecule is COc1cc(OC)c(OC)cc1CNC(C)CCc1ccccc1.Cl. The highest BCUT2D eigenvalue weighted by Crippen LogP contribution is 2.34. The van der Waals surface area contributed by atoms with Crippen LogP contribution in [0.5, 0.6) is 17.2 Å². The summed E-state index contributed by atoms with van der Waals surface area (Å²) in [5.74, 6) is 2.19. The van der Waals surface area contributed by atoms with Gasteiger partial charge in [0.25, 0.3) is 0 Å². The molecule has 0 aromatic heterocycles. The molecule has 0 aliphatic carbocycles. The zero-order valence-electron chi connectivity index (χ0n) is 15.4. The normalized spacial score (nSPS) is 11.4. The third-order valence-electron chi connectivity index (χ3n) is 4.14. The zero-order valence-corrected chi connectivity index (χ0v) is 16.2. The fourth-order valence-electron chi connectivity index (χ4n) is 2.64. The zero-order chi connectivity index (χ0) is 17.4. The molecule has 1 N–H and O–H groups in total. The molecule has 0 saturated carbocycles. The van der Waals surface area contributed by atoms with Crippen LogP contribution in [0.3, 0.4) is 0 Å². The lowest BCUT2D eigenvalue weighted by molar-refractivity contribution is 0.346. The highest BCUT2D eigenvalue weighted by Gasteiger charge is 2.12. The summed E-state index contributed by atoms with van der Waals surface area (Å²) in [4.78, 5) is 0. The van der Waals surface area contributed by atoms with Gasteiger partial charge in [0.05, 0.1) is 21.3 Å². The van der Waals surface area contributed by atoms with Gasteiger partial charge in [0.1, 0.15) is 5.75 Å². The maximum atomic E-state index is 5.47. The van der Waals surface area contributed by atoms with Gasteiger partial charge in [-0.25, -0.2) is 0 Å². The average Bonchev–Trinajstić information content (AvgIpc) is 2.64. The molecule has 0 fully saturated rings. The molecule has 0 spiro atoms. The Bertz CT molecular complexity index is 634. The molecule has 0 saturated heterocycles. The Hall–Kier alpha value is -1.91. The average molecular weight is 366 g/mol. The number of hydrogen-bond donors (Lipinski definition) is 1. The minimum atomic E-state index is 0. The van der Waals surface area contributed by atoms with Crippen LogP contribution in [0.4, 0.5) is 0 Å². The lowest BCUT2D eigenvalue weighted by Crippen LogP contribution is -2.26. The molecule has 138 valence electrons. The number of hydrogen-bond acceptors (Lipinski definition) is 4. The lowest BCUT2D eigenvalue weighted by atomic mass is 10.1. The van der Waals surface area contributed by atoms with Gasteiger partial charge >= 0.3 is 0 Å². The van der Waals surface area contributed by atoms with Crippen molar-refractivity contribution in [3.05, 3.63) is 53.6 Å². The van der Waals surface area contributed by atoms with Crippen LogP contribution in [0, 0.1) is 0 Å². The van der Waals surface area contributed by atoms with Crippen LogP contribution in [0.1, 0.15) is 24.5 Å². The number of halogens is 1. The number of nitrogens with one attached hydrogen (secondary N) is 1. The van der Waals surface area contributed by atoms with Gasteiger partial charge in [-0.2, -0.15) is 0 Å². The molecule has 0 amide bonds. The fourth-order valence-corrected chi connectivity index (χ4v) is 2.64. The summed E-state index contributed by atoms with van der Waals surface area (Å²) in [7, 11) is 4.94. The quantitative estimate of drug-likeness (QED) is 0.721. The van der Waals surface area contributed by atoms with Crippen molar-refractivity contribution in [3.8, 4) is 17.2 Å². The number of benzene rings is 2. The van der Waals surface area contributed by atoms with Crippen LogP contribution in [0.2, 0.25) is 0 Å². The standard InChI is InChI=1S/C20H27NO3.ClH/c1-15(10-11-16-8-6-5-7-9-16)21-14-17-12-19(23-3)20(24-4)13-18(17)22-2;/h5-9,12-13,15,21H,10-11,14H2,1-4H3;1H. The molecular formula is C20H28ClNO3. The maximum absolute atomic E-state index is 5.47.